The number of nitrogens with one attached hydrogen (secondary N) is 1. The second-order valence-electron chi connectivity index (χ2n) is 6.48. The zero-order valence-electron chi connectivity index (χ0n) is 13.5. The van der Waals surface area contributed by atoms with Gasteiger partial charge in [0.1, 0.15) is 0 Å². The number of carbonyl (C=O) groups is 1. The summed E-state index contributed by atoms with van der Waals surface area (Å²) in [6, 6.07) is 10.1. The van der Waals surface area contributed by atoms with Crippen LogP contribution in [0.15, 0.2) is 30.3 Å². The average molecular weight is 287 g/mol. The molecule has 1 N–H and O–H groups in total. The Morgan fingerprint density at radius 2 is 1.86 bits per heavy atom. The summed E-state index contributed by atoms with van der Waals surface area (Å²) in [5.74, 6) is 1.13. The molecule has 1 aromatic carbocycles. The number of hydrogen-bond donors (Lipinski definition) is 1. The van der Waals surface area contributed by atoms with Crippen LogP contribution >= 0.6 is 0 Å². The number of carbonyl (C=O) groups excluding carboxylic acids is 1. The van der Waals surface area contributed by atoms with Crippen LogP contribution in [-0.4, -0.2) is 17.9 Å². The molecule has 2 heteroatoms. The first-order valence-electron chi connectivity index (χ1n) is 8.56. The lowest BCUT2D eigenvalue weighted by Crippen LogP contribution is -2.43. The van der Waals surface area contributed by atoms with E-state index in [1.165, 1.54) is 44.9 Å². The van der Waals surface area contributed by atoms with E-state index >= 15 is 0 Å². The van der Waals surface area contributed by atoms with Crippen molar-refractivity contribution in [3.05, 3.63) is 35.9 Å². The molecule has 1 aliphatic carbocycles. The number of benzene rings is 1. The minimum Gasteiger partial charge on any atom is -0.305 e. The third-order valence-electron chi connectivity index (χ3n) is 4.75. The summed E-state index contributed by atoms with van der Waals surface area (Å²) in [7, 11) is 0. The van der Waals surface area contributed by atoms with Crippen LogP contribution in [0.2, 0.25) is 0 Å². The van der Waals surface area contributed by atoms with E-state index < -0.39 is 0 Å². The van der Waals surface area contributed by atoms with Crippen LogP contribution in [-0.2, 0) is 0 Å². The molecule has 0 aromatic heterocycles. The van der Waals surface area contributed by atoms with Crippen molar-refractivity contribution in [1.82, 2.24) is 5.32 Å². The molecule has 21 heavy (non-hydrogen) atoms. The standard InChI is InChI=1S/C19H29NO/c1-3-4-8-16-11-13-18(14-12-16)20-15(2)19(21)17-9-6-5-7-10-17/h5-7,9-10,15-16,18,20H,3-4,8,11-14H2,1-2H3. The topological polar surface area (TPSA) is 29.1 Å². The van der Waals surface area contributed by atoms with Gasteiger partial charge in [0.15, 0.2) is 5.78 Å². The third-order valence-corrected chi connectivity index (χ3v) is 4.75. The van der Waals surface area contributed by atoms with Gasteiger partial charge in [-0.25, -0.2) is 0 Å². The van der Waals surface area contributed by atoms with Crippen LogP contribution < -0.4 is 5.32 Å². The van der Waals surface area contributed by atoms with Crippen molar-refractivity contribution in [2.45, 2.75) is 70.9 Å². The zero-order chi connectivity index (χ0) is 15.1. The second kappa shape index (κ2) is 8.33. The lowest BCUT2D eigenvalue weighted by Gasteiger charge is -2.31. The van der Waals surface area contributed by atoms with Gasteiger partial charge in [-0.15, -0.1) is 0 Å². The Morgan fingerprint density at radius 3 is 2.48 bits per heavy atom. The monoisotopic (exact) mass is 287 g/mol. The Hall–Kier alpha value is -1.15. The van der Waals surface area contributed by atoms with Crippen molar-refractivity contribution in [2.24, 2.45) is 5.92 Å². The van der Waals surface area contributed by atoms with Crippen LogP contribution in [0.1, 0.15) is 69.2 Å². The Balaban J connectivity index is 1.76. The fourth-order valence-electron chi connectivity index (χ4n) is 3.39. The lowest BCUT2D eigenvalue weighted by atomic mass is 9.83. The molecule has 0 heterocycles. The van der Waals surface area contributed by atoms with E-state index in [-0.39, 0.29) is 11.8 Å². The van der Waals surface area contributed by atoms with Crippen molar-refractivity contribution < 1.29 is 4.79 Å². The smallest absolute Gasteiger partial charge is 0.179 e. The van der Waals surface area contributed by atoms with E-state index in [1.54, 1.807) is 0 Å². The Kier molecular flexibility index (Phi) is 6.44. The largest absolute Gasteiger partial charge is 0.305 e. The molecule has 2 nitrogen and oxygen atoms in total. The maximum atomic E-state index is 12.4. The van der Waals surface area contributed by atoms with Gasteiger partial charge in [0.05, 0.1) is 6.04 Å². The Morgan fingerprint density at radius 1 is 1.19 bits per heavy atom. The molecule has 0 bridgehead atoms. The zero-order valence-corrected chi connectivity index (χ0v) is 13.5. The van der Waals surface area contributed by atoms with Crippen molar-refractivity contribution in [1.29, 1.82) is 0 Å². The first-order valence-corrected chi connectivity index (χ1v) is 8.56. The molecule has 0 spiro atoms. The number of Topliss-reactive ketones (excluding diaryl/α,β-unsaturated/α-hetero) is 1. The van der Waals surface area contributed by atoms with E-state index in [1.807, 2.05) is 37.3 Å². The van der Waals surface area contributed by atoms with Gasteiger partial charge in [0.25, 0.3) is 0 Å². The maximum Gasteiger partial charge on any atom is 0.179 e. The molecule has 0 aliphatic heterocycles. The van der Waals surface area contributed by atoms with Crippen LogP contribution in [0.5, 0.6) is 0 Å². The van der Waals surface area contributed by atoms with Gasteiger partial charge in [0.2, 0.25) is 0 Å². The molecule has 1 saturated carbocycles. The summed E-state index contributed by atoms with van der Waals surface area (Å²) >= 11 is 0. The fourth-order valence-corrected chi connectivity index (χ4v) is 3.39. The fraction of sp³-hybridized carbons (Fsp3) is 0.632. The molecule has 2 rings (SSSR count). The maximum absolute atomic E-state index is 12.4. The van der Waals surface area contributed by atoms with E-state index in [0.717, 1.165) is 11.5 Å². The van der Waals surface area contributed by atoms with Gasteiger partial charge in [0, 0.05) is 11.6 Å². The van der Waals surface area contributed by atoms with E-state index in [9.17, 15) is 4.79 Å². The van der Waals surface area contributed by atoms with Gasteiger partial charge in [-0.3, -0.25) is 4.79 Å². The molecular weight excluding hydrogens is 258 g/mol. The molecule has 0 amide bonds. The van der Waals surface area contributed by atoms with Crippen molar-refractivity contribution in [2.75, 3.05) is 0 Å². The second-order valence-corrected chi connectivity index (χ2v) is 6.48. The molecule has 1 fully saturated rings. The molecule has 1 atom stereocenters. The van der Waals surface area contributed by atoms with Gasteiger partial charge in [-0.1, -0.05) is 56.5 Å². The van der Waals surface area contributed by atoms with Gasteiger partial charge in [-0.2, -0.15) is 0 Å². The number of hydrogen-bond acceptors (Lipinski definition) is 2. The van der Waals surface area contributed by atoms with Crippen LogP contribution in [0.3, 0.4) is 0 Å². The summed E-state index contributed by atoms with van der Waals surface area (Å²) in [4.78, 5) is 12.4. The van der Waals surface area contributed by atoms with E-state index in [4.69, 9.17) is 0 Å². The van der Waals surface area contributed by atoms with E-state index in [2.05, 4.69) is 12.2 Å². The van der Waals surface area contributed by atoms with Gasteiger partial charge >= 0.3 is 0 Å². The number of unbranched alkanes of at least 4 members (excludes halogenated alkanes) is 1. The number of ketones is 1. The number of rotatable bonds is 7. The van der Waals surface area contributed by atoms with Crippen LogP contribution in [0.4, 0.5) is 0 Å². The minimum atomic E-state index is -0.0791. The van der Waals surface area contributed by atoms with Crippen LogP contribution in [0, 0.1) is 5.92 Å². The molecule has 0 radical (unpaired) electrons. The Labute approximate surface area is 129 Å². The molecule has 1 unspecified atom stereocenters. The summed E-state index contributed by atoms with van der Waals surface area (Å²) < 4.78 is 0. The summed E-state index contributed by atoms with van der Waals surface area (Å²) in [5.41, 5.74) is 0.814. The lowest BCUT2D eigenvalue weighted by molar-refractivity contribution is 0.0937. The quantitative estimate of drug-likeness (QED) is 0.743. The highest BCUT2D eigenvalue weighted by Crippen LogP contribution is 2.28. The highest BCUT2D eigenvalue weighted by atomic mass is 16.1. The molecule has 0 saturated heterocycles. The predicted molar refractivity (Wildman–Crippen MR) is 88.6 cm³/mol. The summed E-state index contributed by atoms with van der Waals surface area (Å²) in [6.07, 6.45) is 9.16. The highest BCUT2D eigenvalue weighted by Gasteiger charge is 2.24. The molecular formula is C19H29NO. The van der Waals surface area contributed by atoms with Crippen LogP contribution in [0.25, 0.3) is 0 Å². The van der Waals surface area contributed by atoms with Crippen molar-refractivity contribution in [3.63, 3.8) is 0 Å². The minimum absolute atomic E-state index is 0.0791. The molecule has 1 aromatic rings. The molecule has 1 aliphatic rings. The predicted octanol–water partition coefficient (Wildman–Crippen LogP) is 4.60. The third kappa shape index (κ3) is 4.96. The highest BCUT2D eigenvalue weighted by molar-refractivity contribution is 5.99. The molecule has 116 valence electrons. The first-order chi connectivity index (χ1) is 10.2. The van der Waals surface area contributed by atoms with E-state index in [0.29, 0.717) is 6.04 Å². The first kappa shape index (κ1) is 16.2. The average Bonchev–Trinajstić information content (AvgIpc) is 2.54. The van der Waals surface area contributed by atoms with Gasteiger partial charge < -0.3 is 5.32 Å². The normalized spacial score (nSPS) is 23.7. The summed E-state index contributed by atoms with van der Waals surface area (Å²) in [6.45, 7) is 4.27. The SMILES string of the molecule is CCCCC1CCC(NC(C)C(=O)c2ccccc2)CC1. The Bertz CT molecular complexity index is 420. The van der Waals surface area contributed by atoms with Gasteiger partial charge in [-0.05, 0) is 38.5 Å². The van der Waals surface area contributed by atoms with Crippen molar-refractivity contribution in [3.8, 4) is 0 Å². The summed E-state index contributed by atoms with van der Waals surface area (Å²) in [5, 5.41) is 3.54. The van der Waals surface area contributed by atoms with Crippen molar-refractivity contribution >= 4 is 5.78 Å².